The normalized spacial score (nSPS) is 20.3. The van der Waals surface area contributed by atoms with Gasteiger partial charge in [0.2, 0.25) is 0 Å². The van der Waals surface area contributed by atoms with Gasteiger partial charge in [0.25, 0.3) is 5.91 Å². The molecule has 242 valence electrons. The SMILES string of the molecule is CO[C@@H]1c2cc(N3C(=O)c4cccc5cccc3c45)ccc2O[C@H](C(CCn2cc(C(CO)c3ccccc3)nn2)[Si](C)(C)O)[C@H]1C. The van der Waals surface area contributed by atoms with Gasteiger partial charge in [0.1, 0.15) is 11.9 Å². The maximum absolute atomic E-state index is 13.6. The van der Waals surface area contributed by atoms with Crippen LogP contribution in [-0.4, -0.2) is 58.9 Å². The van der Waals surface area contributed by atoms with Crippen molar-refractivity contribution < 1.29 is 24.2 Å². The van der Waals surface area contributed by atoms with Crippen molar-refractivity contribution in [2.24, 2.45) is 5.92 Å². The van der Waals surface area contributed by atoms with Crippen LogP contribution >= 0.6 is 0 Å². The van der Waals surface area contributed by atoms with Crippen LogP contribution < -0.4 is 9.64 Å². The zero-order valence-corrected chi connectivity index (χ0v) is 28.1. The fourth-order valence-corrected chi connectivity index (χ4v) is 9.52. The van der Waals surface area contributed by atoms with E-state index in [-0.39, 0.29) is 42.1 Å². The number of aliphatic hydroxyl groups is 1. The Balaban J connectivity index is 1.14. The number of hydrogen-bond donors (Lipinski definition) is 2. The van der Waals surface area contributed by atoms with Gasteiger partial charge in [0.05, 0.1) is 35.6 Å². The van der Waals surface area contributed by atoms with E-state index in [4.69, 9.17) is 9.47 Å². The number of benzene rings is 4. The summed E-state index contributed by atoms with van der Waals surface area (Å²) >= 11 is 0. The molecule has 0 saturated carbocycles. The monoisotopic (exact) mass is 648 g/mol. The zero-order valence-electron chi connectivity index (χ0n) is 27.1. The topological polar surface area (TPSA) is 110 Å². The third-order valence-corrected chi connectivity index (χ3v) is 12.3. The number of amides is 1. The van der Waals surface area contributed by atoms with E-state index in [1.54, 1.807) is 16.7 Å². The van der Waals surface area contributed by atoms with Gasteiger partial charge in [-0.1, -0.05) is 66.7 Å². The van der Waals surface area contributed by atoms with E-state index in [2.05, 4.69) is 17.2 Å². The molecule has 2 unspecified atom stereocenters. The molecule has 2 aliphatic rings. The van der Waals surface area contributed by atoms with Crippen LogP contribution in [0.5, 0.6) is 5.75 Å². The number of carbonyl (C=O) groups is 1. The molecule has 9 nitrogen and oxygen atoms in total. The minimum absolute atomic E-state index is 0.0492. The molecule has 0 radical (unpaired) electrons. The van der Waals surface area contributed by atoms with Crippen LogP contribution in [0.2, 0.25) is 18.6 Å². The first-order valence-electron chi connectivity index (χ1n) is 16.2. The average Bonchev–Trinajstić information content (AvgIpc) is 3.65. The number of ether oxygens (including phenoxy) is 2. The molecule has 7 rings (SSSR count). The van der Waals surface area contributed by atoms with Gasteiger partial charge in [-0.25, -0.2) is 0 Å². The van der Waals surface area contributed by atoms with Gasteiger partial charge < -0.3 is 19.4 Å². The molecule has 3 heterocycles. The third kappa shape index (κ3) is 5.55. The van der Waals surface area contributed by atoms with Crippen molar-refractivity contribution >= 4 is 36.4 Å². The second kappa shape index (κ2) is 12.3. The van der Waals surface area contributed by atoms with Crippen molar-refractivity contribution in [1.82, 2.24) is 15.0 Å². The second-order valence-electron chi connectivity index (χ2n) is 13.2. The number of aryl methyl sites for hydroxylation is 1. The Morgan fingerprint density at radius 2 is 1.79 bits per heavy atom. The summed E-state index contributed by atoms with van der Waals surface area (Å²) in [4.78, 5) is 27.0. The predicted molar refractivity (Wildman–Crippen MR) is 184 cm³/mol. The number of nitrogens with zero attached hydrogens (tertiary/aromatic N) is 4. The van der Waals surface area contributed by atoms with Crippen molar-refractivity contribution in [2.45, 2.75) is 56.7 Å². The number of rotatable bonds is 10. The lowest BCUT2D eigenvalue weighted by Gasteiger charge is -2.44. The van der Waals surface area contributed by atoms with Crippen molar-refractivity contribution in [3.63, 3.8) is 0 Å². The molecule has 2 aliphatic heterocycles. The molecular formula is C37H40N4O5Si. The Bertz CT molecular complexity index is 1920. The van der Waals surface area contributed by atoms with Crippen LogP contribution in [0.15, 0.2) is 91.1 Å². The quantitative estimate of drug-likeness (QED) is 0.165. The molecule has 2 N–H and O–H groups in total. The summed E-state index contributed by atoms with van der Waals surface area (Å²) in [5.41, 5.74) is 4.78. The lowest BCUT2D eigenvalue weighted by molar-refractivity contribution is -0.0247. The van der Waals surface area contributed by atoms with Crippen molar-refractivity contribution in [2.75, 3.05) is 18.6 Å². The molecular weight excluding hydrogens is 609 g/mol. The molecule has 0 spiro atoms. The fourth-order valence-electron chi connectivity index (χ4n) is 7.50. The number of carbonyl (C=O) groups excluding carboxylic acids is 1. The summed E-state index contributed by atoms with van der Waals surface area (Å²) in [6.45, 7) is 6.49. The van der Waals surface area contributed by atoms with Gasteiger partial charge in [-0.15, -0.1) is 5.10 Å². The standard InChI is InChI=1S/C37H40N4O5Si/c1-23-35(45-2)28-20-26(41-31-15-9-13-25-12-8-14-27(34(25)31)37(41)43)16-17-32(28)46-36(23)33(47(3,4)44)18-19-40-21-30(38-39-40)29(22-42)24-10-6-5-7-11-24/h5-17,20-21,23,29,33,35-36,42,44H,18-19,22H2,1-4H3/t23-,29?,33?,35-,36-/m0/s1. The Morgan fingerprint density at radius 3 is 2.51 bits per heavy atom. The van der Waals surface area contributed by atoms with Gasteiger partial charge in [-0.2, -0.15) is 0 Å². The van der Waals surface area contributed by atoms with E-state index in [1.807, 2.05) is 104 Å². The van der Waals surface area contributed by atoms with E-state index < -0.39 is 8.32 Å². The van der Waals surface area contributed by atoms with Gasteiger partial charge in [-0.3, -0.25) is 14.4 Å². The zero-order chi connectivity index (χ0) is 32.9. The summed E-state index contributed by atoms with van der Waals surface area (Å²) < 4.78 is 14.7. The third-order valence-electron chi connectivity index (χ3n) is 9.90. The maximum Gasteiger partial charge on any atom is 0.263 e. The fraction of sp³-hybridized carbons (Fsp3) is 0.324. The van der Waals surface area contributed by atoms with Crippen LogP contribution in [-0.2, 0) is 11.3 Å². The van der Waals surface area contributed by atoms with E-state index >= 15 is 0 Å². The summed E-state index contributed by atoms with van der Waals surface area (Å²) in [5, 5.41) is 20.9. The molecule has 0 fully saturated rings. The van der Waals surface area contributed by atoms with Crippen LogP contribution in [0, 0.1) is 5.92 Å². The van der Waals surface area contributed by atoms with Crippen LogP contribution in [0.3, 0.4) is 0 Å². The molecule has 5 atom stereocenters. The maximum atomic E-state index is 13.6. The van der Waals surface area contributed by atoms with E-state index in [0.717, 1.165) is 33.3 Å². The van der Waals surface area contributed by atoms with Gasteiger partial charge in [0.15, 0.2) is 8.32 Å². The second-order valence-corrected chi connectivity index (χ2v) is 17.3. The molecule has 47 heavy (non-hydrogen) atoms. The predicted octanol–water partition coefficient (Wildman–Crippen LogP) is 6.59. The number of aromatic nitrogens is 3. The van der Waals surface area contributed by atoms with Gasteiger partial charge in [0, 0.05) is 47.9 Å². The molecule has 0 saturated heterocycles. The molecule has 0 bridgehead atoms. The Morgan fingerprint density at radius 1 is 1.02 bits per heavy atom. The highest BCUT2D eigenvalue weighted by molar-refractivity contribution is 6.71. The van der Waals surface area contributed by atoms with Crippen molar-refractivity contribution in [1.29, 1.82) is 0 Å². The summed E-state index contributed by atoms with van der Waals surface area (Å²) in [5.74, 6) is 0.315. The molecule has 1 amide bonds. The lowest BCUT2D eigenvalue weighted by Crippen LogP contribution is -2.48. The highest BCUT2D eigenvalue weighted by Crippen LogP contribution is 2.49. The molecule has 5 aromatic rings. The van der Waals surface area contributed by atoms with Gasteiger partial charge >= 0.3 is 0 Å². The van der Waals surface area contributed by atoms with Gasteiger partial charge in [-0.05, 0) is 60.8 Å². The lowest BCUT2D eigenvalue weighted by atomic mass is 9.86. The highest BCUT2D eigenvalue weighted by atomic mass is 28.4. The number of fused-ring (bicyclic) bond motifs is 1. The van der Waals surface area contributed by atoms with E-state index in [0.29, 0.717) is 30.0 Å². The molecule has 1 aromatic heterocycles. The first-order valence-corrected chi connectivity index (χ1v) is 19.2. The van der Waals surface area contributed by atoms with Crippen LogP contribution in [0.1, 0.15) is 52.5 Å². The number of methoxy groups -OCH3 is 1. The Kier molecular flexibility index (Phi) is 8.21. The molecule has 10 heteroatoms. The highest BCUT2D eigenvalue weighted by Gasteiger charge is 2.46. The van der Waals surface area contributed by atoms with E-state index in [1.165, 1.54) is 0 Å². The van der Waals surface area contributed by atoms with E-state index in [9.17, 15) is 14.7 Å². The summed E-state index contributed by atoms with van der Waals surface area (Å²) in [7, 11) is -1.04. The minimum atomic E-state index is -2.75. The number of hydrogen-bond acceptors (Lipinski definition) is 7. The minimum Gasteiger partial charge on any atom is -0.490 e. The average molecular weight is 649 g/mol. The van der Waals surface area contributed by atoms with Crippen LogP contribution in [0.4, 0.5) is 11.4 Å². The molecule has 0 aliphatic carbocycles. The van der Waals surface area contributed by atoms with Crippen molar-refractivity contribution in [3.8, 4) is 5.75 Å². The Hall–Kier alpha value is -4.35. The Labute approximate surface area is 275 Å². The van der Waals surface area contributed by atoms with Crippen molar-refractivity contribution in [3.05, 3.63) is 114 Å². The summed E-state index contributed by atoms with van der Waals surface area (Å²) in [6.07, 6.45) is 1.92. The van der Waals surface area contributed by atoms with Crippen LogP contribution in [0.25, 0.3) is 10.8 Å². The first-order chi connectivity index (χ1) is 22.7. The first kappa shape index (κ1) is 31.3. The number of anilines is 2. The summed E-state index contributed by atoms with van der Waals surface area (Å²) in [6, 6.07) is 27.5. The molecule has 4 aromatic carbocycles. The smallest absolute Gasteiger partial charge is 0.263 e. The number of aliphatic hydroxyl groups excluding tert-OH is 1. The largest absolute Gasteiger partial charge is 0.490 e.